The fourth-order valence-electron chi connectivity index (χ4n) is 8.74. The Hall–Kier alpha value is -6.24. The molecule has 0 nitrogen and oxygen atoms in total. The third-order valence-electron chi connectivity index (χ3n) is 10.7. The maximum absolute atomic E-state index is 2.35. The molecule has 1 aliphatic carbocycles. The molecule has 0 spiro atoms. The summed E-state index contributed by atoms with van der Waals surface area (Å²) in [6, 6.07) is 63.2. The van der Waals surface area contributed by atoms with Crippen LogP contribution in [0, 0.1) is 0 Å². The van der Waals surface area contributed by atoms with E-state index in [2.05, 4.69) is 170 Å². The first-order valence-corrected chi connectivity index (χ1v) is 16.8. The minimum absolute atomic E-state index is 1.24. The molecule has 11 rings (SSSR count). The van der Waals surface area contributed by atoms with Crippen LogP contribution in [-0.4, -0.2) is 0 Å². The Kier molecular flexibility index (Phi) is 5.20. The molecule has 0 bridgehead atoms. The first kappa shape index (κ1) is 25.9. The highest BCUT2D eigenvalue weighted by atomic mass is 14.3. The van der Waals surface area contributed by atoms with Crippen molar-refractivity contribution in [2.45, 2.75) is 0 Å². The van der Waals surface area contributed by atoms with Gasteiger partial charge in [0, 0.05) is 0 Å². The Morgan fingerprint density at radius 1 is 0.208 bits per heavy atom. The first-order chi connectivity index (χ1) is 23.8. The second kappa shape index (κ2) is 9.64. The monoisotopic (exact) mass is 604 g/mol. The SMILES string of the molecule is c1ccc(-c2c3c(c(-c4ccc(-c5ccc6ccc7cccc8ccc5c6c78)cc4)c4ccccc24)-c2cccc4cccc-3c24)cc1. The van der Waals surface area contributed by atoms with Crippen LogP contribution in [0.5, 0.6) is 0 Å². The topological polar surface area (TPSA) is 0 Å². The standard InChI is InChI=1S/C48H28/c1-2-9-31(10-3-1)45-37-15-4-5-16-38(37)46(48-41-18-8-14-30-13-7-17-40(43(30)41)47(45)48)34-21-19-29(20-22-34)36-27-25-35-24-23-32-11-6-12-33-26-28-39(36)44(35)42(32)33/h1-28H. The minimum Gasteiger partial charge on any atom is -0.0622 e. The highest BCUT2D eigenvalue weighted by molar-refractivity contribution is 6.28. The zero-order valence-electron chi connectivity index (χ0n) is 26.2. The van der Waals surface area contributed by atoms with Gasteiger partial charge in [-0.25, -0.2) is 0 Å². The lowest BCUT2D eigenvalue weighted by Crippen LogP contribution is -1.93. The molecule has 48 heavy (non-hydrogen) atoms. The smallest absolute Gasteiger partial charge is 0.000742 e. The number of hydrogen-bond acceptors (Lipinski definition) is 0. The maximum Gasteiger partial charge on any atom is -0.000742 e. The molecule has 0 heteroatoms. The summed E-state index contributed by atoms with van der Waals surface area (Å²) in [5, 5.41) is 13.2. The van der Waals surface area contributed by atoms with Crippen molar-refractivity contribution in [3.05, 3.63) is 170 Å². The van der Waals surface area contributed by atoms with Crippen LogP contribution in [0.3, 0.4) is 0 Å². The van der Waals surface area contributed by atoms with Gasteiger partial charge in [-0.05, 0) is 109 Å². The van der Waals surface area contributed by atoms with E-state index in [1.807, 2.05) is 0 Å². The molecule has 0 aromatic heterocycles. The van der Waals surface area contributed by atoms with E-state index in [-0.39, 0.29) is 0 Å². The number of hydrogen-bond donors (Lipinski definition) is 0. The van der Waals surface area contributed by atoms with E-state index >= 15 is 0 Å². The summed E-state index contributed by atoms with van der Waals surface area (Å²) in [4.78, 5) is 0. The van der Waals surface area contributed by atoms with Crippen LogP contribution in [-0.2, 0) is 0 Å². The largest absolute Gasteiger partial charge is 0.0622 e. The zero-order valence-corrected chi connectivity index (χ0v) is 26.2. The van der Waals surface area contributed by atoms with Crippen LogP contribution in [0.2, 0.25) is 0 Å². The lowest BCUT2D eigenvalue weighted by atomic mass is 9.82. The molecule has 0 N–H and O–H groups in total. The van der Waals surface area contributed by atoms with Crippen molar-refractivity contribution < 1.29 is 0 Å². The Bertz CT molecular complexity index is 2890. The van der Waals surface area contributed by atoms with Gasteiger partial charge in [0.1, 0.15) is 0 Å². The molecule has 0 aliphatic heterocycles. The van der Waals surface area contributed by atoms with Gasteiger partial charge in [-0.15, -0.1) is 0 Å². The van der Waals surface area contributed by atoms with E-state index in [1.54, 1.807) is 0 Å². The van der Waals surface area contributed by atoms with E-state index in [1.165, 1.54) is 109 Å². The molecule has 0 amide bonds. The van der Waals surface area contributed by atoms with Crippen molar-refractivity contribution in [3.63, 3.8) is 0 Å². The zero-order chi connectivity index (χ0) is 31.3. The van der Waals surface area contributed by atoms with Gasteiger partial charge in [0.05, 0.1) is 0 Å². The van der Waals surface area contributed by atoms with Crippen LogP contribution in [0.15, 0.2) is 170 Å². The molecule has 10 aromatic rings. The summed E-state index contributed by atoms with van der Waals surface area (Å²) < 4.78 is 0. The molecule has 0 unspecified atom stereocenters. The molecule has 0 atom stereocenters. The van der Waals surface area contributed by atoms with Crippen LogP contribution in [0.25, 0.3) is 109 Å². The third kappa shape index (κ3) is 3.44. The third-order valence-corrected chi connectivity index (χ3v) is 10.7. The van der Waals surface area contributed by atoms with Crippen molar-refractivity contribution in [2.24, 2.45) is 0 Å². The summed E-state index contributed by atoms with van der Waals surface area (Å²) in [5.74, 6) is 0. The predicted molar refractivity (Wildman–Crippen MR) is 206 cm³/mol. The summed E-state index contributed by atoms with van der Waals surface area (Å²) in [6.07, 6.45) is 0. The molecule has 220 valence electrons. The van der Waals surface area contributed by atoms with Gasteiger partial charge in [0.15, 0.2) is 0 Å². The molecule has 0 radical (unpaired) electrons. The highest BCUT2D eigenvalue weighted by Crippen LogP contribution is 2.57. The predicted octanol–water partition coefficient (Wildman–Crippen LogP) is 13.5. The summed E-state index contributed by atoms with van der Waals surface area (Å²) in [5.41, 5.74) is 13.0. The first-order valence-electron chi connectivity index (χ1n) is 16.8. The second-order valence-corrected chi connectivity index (χ2v) is 13.2. The maximum atomic E-state index is 2.35. The molecule has 0 fully saturated rings. The van der Waals surface area contributed by atoms with Crippen molar-refractivity contribution in [1.29, 1.82) is 0 Å². The Balaban J connectivity index is 1.18. The quantitative estimate of drug-likeness (QED) is 0.176. The number of benzene rings is 10. The normalized spacial score (nSPS) is 12.2. The van der Waals surface area contributed by atoms with E-state index in [0.717, 1.165) is 0 Å². The van der Waals surface area contributed by atoms with Crippen molar-refractivity contribution in [2.75, 3.05) is 0 Å². The lowest BCUT2D eigenvalue weighted by Gasteiger charge is -2.20. The number of rotatable bonds is 3. The van der Waals surface area contributed by atoms with E-state index in [0.29, 0.717) is 0 Å². The fraction of sp³-hybridized carbons (Fsp3) is 0. The summed E-state index contributed by atoms with van der Waals surface area (Å²) >= 11 is 0. The Morgan fingerprint density at radius 2 is 0.688 bits per heavy atom. The minimum atomic E-state index is 1.24. The molecular weight excluding hydrogens is 577 g/mol. The summed E-state index contributed by atoms with van der Waals surface area (Å²) in [6.45, 7) is 0. The van der Waals surface area contributed by atoms with Crippen molar-refractivity contribution in [3.8, 4) is 55.6 Å². The highest BCUT2D eigenvalue weighted by Gasteiger charge is 2.30. The van der Waals surface area contributed by atoms with Gasteiger partial charge in [0.25, 0.3) is 0 Å². The molecular formula is C48H28. The van der Waals surface area contributed by atoms with Gasteiger partial charge in [-0.3, -0.25) is 0 Å². The van der Waals surface area contributed by atoms with Gasteiger partial charge >= 0.3 is 0 Å². The van der Waals surface area contributed by atoms with Crippen LogP contribution < -0.4 is 0 Å². The Morgan fingerprint density at radius 3 is 1.33 bits per heavy atom. The van der Waals surface area contributed by atoms with Crippen molar-refractivity contribution in [1.82, 2.24) is 0 Å². The van der Waals surface area contributed by atoms with Crippen LogP contribution >= 0.6 is 0 Å². The average Bonchev–Trinajstić information content (AvgIpc) is 3.48. The van der Waals surface area contributed by atoms with Gasteiger partial charge in [-0.2, -0.15) is 0 Å². The van der Waals surface area contributed by atoms with Crippen LogP contribution in [0.1, 0.15) is 0 Å². The fourth-order valence-corrected chi connectivity index (χ4v) is 8.74. The van der Waals surface area contributed by atoms with E-state index < -0.39 is 0 Å². The molecule has 0 saturated carbocycles. The van der Waals surface area contributed by atoms with Gasteiger partial charge < -0.3 is 0 Å². The van der Waals surface area contributed by atoms with Crippen LogP contribution in [0.4, 0.5) is 0 Å². The van der Waals surface area contributed by atoms with Crippen molar-refractivity contribution >= 4 is 53.9 Å². The molecule has 0 heterocycles. The van der Waals surface area contributed by atoms with E-state index in [9.17, 15) is 0 Å². The molecule has 0 saturated heterocycles. The molecule has 10 aromatic carbocycles. The average molecular weight is 605 g/mol. The Labute approximate surface area is 278 Å². The summed E-state index contributed by atoms with van der Waals surface area (Å²) in [7, 11) is 0. The second-order valence-electron chi connectivity index (χ2n) is 13.2. The van der Waals surface area contributed by atoms with Gasteiger partial charge in [0.2, 0.25) is 0 Å². The lowest BCUT2D eigenvalue weighted by molar-refractivity contribution is 1.61. The van der Waals surface area contributed by atoms with Gasteiger partial charge in [-0.1, -0.05) is 170 Å². The molecule has 1 aliphatic rings. The number of fused-ring (bicyclic) bond motifs is 4. The van der Waals surface area contributed by atoms with E-state index in [4.69, 9.17) is 0 Å².